The number of fused-ring (bicyclic) bond motifs is 1. The zero-order valence-corrected chi connectivity index (χ0v) is 7.73. The van der Waals surface area contributed by atoms with Crippen LogP contribution in [0.5, 0.6) is 0 Å². The Balaban J connectivity index is 2.82. The van der Waals surface area contributed by atoms with Gasteiger partial charge >= 0.3 is 0 Å². The second kappa shape index (κ2) is 2.42. The van der Waals surface area contributed by atoms with Gasteiger partial charge in [0.1, 0.15) is 5.82 Å². The number of halogens is 1. The Morgan fingerprint density at radius 2 is 2.00 bits per heavy atom. The van der Waals surface area contributed by atoms with Gasteiger partial charge in [0, 0.05) is 5.41 Å². The lowest BCUT2D eigenvalue weighted by Crippen LogP contribution is -1.93. The van der Waals surface area contributed by atoms with Gasteiger partial charge in [-0.05, 0) is 36.3 Å². The molecule has 1 aliphatic heterocycles. The standard InChI is InChI=1S/C9H7FO2S/c1-6-5-13(11,12)9-3-2-7(10)4-8(6)9/h2-5H,1H3. The Hall–Kier alpha value is -1.16. The van der Waals surface area contributed by atoms with Crippen LogP contribution >= 0.6 is 0 Å². The van der Waals surface area contributed by atoms with Crippen LogP contribution in [-0.4, -0.2) is 8.42 Å². The van der Waals surface area contributed by atoms with Crippen molar-refractivity contribution in [2.24, 2.45) is 0 Å². The summed E-state index contributed by atoms with van der Waals surface area (Å²) in [6.45, 7) is 1.66. The minimum absolute atomic E-state index is 0.200. The highest BCUT2D eigenvalue weighted by molar-refractivity contribution is 7.95. The predicted molar refractivity (Wildman–Crippen MR) is 47.2 cm³/mol. The molecule has 0 atom stereocenters. The van der Waals surface area contributed by atoms with E-state index in [9.17, 15) is 12.8 Å². The highest BCUT2D eigenvalue weighted by Gasteiger charge is 2.24. The molecule has 0 radical (unpaired) electrons. The SMILES string of the molecule is CC1=CS(=O)(=O)c2ccc(F)cc21. The number of hydrogen-bond acceptors (Lipinski definition) is 2. The molecule has 0 aliphatic carbocycles. The Morgan fingerprint density at radius 3 is 2.69 bits per heavy atom. The molecule has 0 unspecified atom stereocenters. The molecule has 13 heavy (non-hydrogen) atoms. The summed E-state index contributed by atoms with van der Waals surface area (Å²) in [7, 11) is -3.30. The first-order valence-corrected chi connectivity index (χ1v) is 5.29. The molecule has 0 bridgehead atoms. The lowest BCUT2D eigenvalue weighted by molar-refractivity contribution is 0.604. The second-order valence-corrected chi connectivity index (χ2v) is 4.75. The first-order valence-electron chi connectivity index (χ1n) is 3.74. The third-order valence-corrected chi connectivity index (χ3v) is 3.64. The summed E-state index contributed by atoms with van der Waals surface area (Å²) in [6.07, 6.45) is 0. The zero-order valence-electron chi connectivity index (χ0n) is 6.91. The fourth-order valence-electron chi connectivity index (χ4n) is 1.42. The molecular formula is C9H7FO2S. The summed E-state index contributed by atoms with van der Waals surface area (Å²) in [4.78, 5) is 0.200. The number of benzene rings is 1. The van der Waals surface area contributed by atoms with E-state index in [1.54, 1.807) is 6.92 Å². The van der Waals surface area contributed by atoms with E-state index >= 15 is 0 Å². The highest BCUT2D eigenvalue weighted by atomic mass is 32.2. The van der Waals surface area contributed by atoms with Crippen molar-refractivity contribution >= 4 is 15.4 Å². The van der Waals surface area contributed by atoms with Crippen LogP contribution in [0.3, 0.4) is 0 Å². The molecule has 0 saturated carbocycles. The fraction of sp³-hybridized carbons (Fsp3) is 0.111. The van der Waals surface area contributed by atoms with Gasteiger partial charge in [-0.2, -0.15) is 0 Å². The molecule has 1 aromatic carbocycles. The summed E-state index contributed by atoms with van der Waals surface area (Å²) in [6, 6.07) is 3.70. The van der Waals surface area contributed by atoms with Gasteiger partial charge in [0.05, 0.1) is 4.90 Å². The van der Waals surface area contributed by atoms with Crippen LogP contribution in [0.25, 0.3) is 5.57 Å². The molecule has 0 spiro atoms. The van der Waals surface area contributed by atoms with E-state index in [1.165, 1.54) is 12.1 Å². The fourth-order valence-corrected chi connectivity index (χ4v) is 2.92. The molecule has 0 amide bonds. The van der Waals surface area contributed by atoms with Crippen LogP contribution < -0.4 is 0 Å². The maximum absolute atomic E-state index is 12.8. The van der Waals surface area contributed by atoms with Gasteiger partial charge in [-0.3, -0.25) is 0 Å². The summed E-state index contributed by atoms with van der Waals surface area (Å²) >= 11 is 0. The van der Waals surface area contributed by atoms with Crippen LogP contribution in [0, 0.1) is 5.82 Å². The maximum Gasteiger partial charge on any atom is 0.200 e. The summed E-state index contributed by atoms with van der Waals surface area (Å²) < 4.78 is 35.5. The molecule has 4 heteroatoms. The van der Waals surface area contributed by atoms with Crippen LogP contribution in [0.15, 0.2) is 28.5 Å². The quantitative estimate of drug-likeness (QED) is 0.597. The number of sulfone groups is 1. The Labute approximate surface area is 75.6 Å². The van der Waals surface area contributed by atoms with Gasteiger partial charge in [0.25, 0.3) is 0 Å². The van der Waals surface area contributed by atoms with Crippen LogP contribution in [0.1, 0.15) is 12.5 Å². The molecular weight excluding hydrogens is 191 g/mol. The van der Waals surface area contributed by atoms with Gasteiger partial charge in [0.2, 0.25) is 9.84 Å². The van der Waals surface area contributed by atoms with E-state index in [-0.39, 0.29) is 4.90 Å². The van der Waals surface area contributed by atoms with Gasteiger partial charge in [-0.25, -0.2) is 12.8 Å². The van der Waals surface area contributed by atoms with Crippen molar-refractivity contribution in [3.8, 4) is 0 Å². The lowest BCUT2D eigenvalue weighted by atomic mass is 10.1. The zero-order chi connectivity index (χ0) is 9.64. The average molecular weight is 198 g/mol. The molecule has 0 saturated heterocycles. The summed E-state index contributed by atoms with van der Waals surface area (Å²) in [5.74, 6) is -0.413. The van der Waals surface area contributed by atoms with Crippen molar-refractivity contribution in [2.45, 2.75) is 11.8 Å². The van der Waals surface area contributed by atoms with E-state index in [0.717, 1.165) is 11.5 Å². The molecule has 0 aromatic heterocycles. The predicted octanol–water partition coefficient (Wildman–Crippen LogP) is 1.97. The first-order chi connectivity index (χ1) is 6.00. The van der Waals surface area contributed by atoms with E-state index in [2.05, 4.69) is 0 Å². The Bertz CT molecular complexity index is 500. The second-order valence-electron chi connectivity index (χ2n) is 2.99. The third kappa shape index (κ3) is 1.18. The van der Waals surface area contributed by atoms with E-state index in [0.29, 0.717) is 11.1 Å². The lowest BCUT2D eigenvalue weighted by Gasteiger charge is -1.98. The van der Waals surface area contributed by atoms with Crippen LogP contribution in [0.2, 0.25) is 0 Å². The highest BCUT2D eigenvalue weighted by Crippen LogP contribution is 2.32. The molecule has 2 nitrogen and oxygen atoms in total. The average Bonchev–Trinajstić information content (AvgIpc) is 2.22. The molecule has 0 N–H and O–H groups in total. The molecule has 1 aliphatic rings. The van der Waals surface area contributed by atoms with Gasteiger partial charge in [-0.1, -0.05) is 0 Å². The van der Waals surface area contributed by atoms with E-state index < -0.39 is 15.7 Å². The van der Waals surface area contributed by atoms with Crippen LogP contribution in [0.4, 0.5) is 4.39 Å². The van der Waals surface area contributed by atoms with Crippen molar-refractivity contribution in [1.29, 1.82) is 0 Å². The number of hydrogen-bond donors (Lipinski definition) is 0. The topological polar surface area (TPSA) is 34.1 Å². The summed E-state index contributed by atoms with van der Waals surface area (Å²) in [5.41, 5.74) is 1.06. The van der Waals surface area contributed by atoms with E-state index in [4.69, 9.17) is 0 Å². The molecule has 2 rings (SSSR count). The van der Waals surface area contributed by atoms with Gasteiger partial charge in [-0.15, -0.1) is 0 Å². The first kappa shape index (κ1) is 8.44. The van der Waals surface area contributed by atoms with Gasteiger partial charge in [0.15, 0.2) is 0 Å². The molecule has 1 heterocycles. The number of rotatable bonds is 0. The Kier molecular flexibility index (Phi) is 1.57. The van der Waals surface area contributed by atoms with Crippen molar-refractivity contribution in [2.75, 3.05) is 0 Å². The minimum Gasteiger partial charge on any atom is -0.219 e. The van der Waals surface area contributed by atoms with Crippen molar-refractivity contribution in [3.05, 3.63) is 35.0 Å². The maximum atomic E-state index is 12.8. The van der Waals surface area contributed by atoms with Crippen LogP contribution in [-0.2, 0) is 9.84 Å². The summed E-state index contributed by atoms with van der Waals surface area (Å²) in [5, 5.41) is 1.16. The van der Waals surface area contributed by atoms with E-state index in [1.807, 2.05) is 0 Å². The van der Waals surface area contributed by atoms with Crippen molar-refractivity contribution in [3.63, 3.8) is 0 Å². The minimum atomic E-state index is -3.30. The third-order valence-electron chi connectivity index (χ3n) is 2.00. The molecule has 68 valence electrons. The Morgan fingerprint density at radius 1 is 1.31 bits per heavy atom. The van der Waals surface area contributed by atoms with Crippen molar-refractivity contribution in [1.82, 2.24) is 0 Å². The normalized spacial score (nSPS) is 18.2. The largest absolute Gasteiger partial charge is 0.219 e. The smallest absolute Gasteiger partial charge is 0.200 e. The van der Waals surface area contributed by atoms with Crippen molar-refractivity contribution < 1.29 is 12.8 Å². The molecule has 1 aromatic rings. The monoisotopic (exact) mass is 198 g/mol. The molecule has 0 fully saturated rings. The number of allylic oxidation sites excluding steroid dienone is 1. The van der Waals surface area contributed by atoms with Gasteiger partial charge < -0.3 is 0 Å².